The fourth-order valence-electron chi connectivity index (χ4n) is 1.65. The fourth-order valence-corrected chi connectivity index (χ4v) is 1.65. The van der Waals surface area contributed by atoms with Crippen LogP contribution in [0.1, 0.15) is 39.5 Å². The summed E-state index contributed by atoms with van der Waals surface area (Å²) < 4.78 is 0. The standard InChI is InChI=1S/C16H20O7/c1-10(13(17)8-4-6-11(2)15(20)21)5-3-7-12(16(22)23)9-14(18)19/h5-6,9H,3-4,7-8H2,1-2H3,(H,18,19)(H,20,21)(H,22,23)/b10-5?,11-6?,12-9-. The van der Waals surface area contributed by atoms with Crippen molar-refractivity contribution in [2.24, 2.45) is 0 Å². The molecule has 0 saturated heterocycles. The van der Waals surface area contributed by atoms with E-state index in [1.54, 1.807) is 13.0 Å². The second-order valence-corrected chi connectivity index (χ2v) is 4.89. The summed E-state index contributed by atoms with van der Waals surface area (Å²) in [7, 11) is 0. The van der Waals surface area contributed by atoms with Crippen molar-refractivity contribution in [2.75, 3.05) is 0 Å². The maximum Gasteiger partial charge on any atom is 0.331 e. The number of aliphatic carboxylic acids is 3. The first-order chi connectivity index (χ1) is 10.6. The number of ketones is 1. The molecule has 0 aromatic heterocycles. The van der Waals surface area contributed by atoms with Crippen molar-refractivity contribution in [1.82, 2.24) is 0 Å². The summed E-state index contributed by atoms with van der Waals surface area (Å²) >= 11 is 0. The lowest BCUT2D eigenvalue weighted by Crippen LogP contribution is -2.04. The number of carbonyl (C=O) groups is 4. The van der Waals surface area contributed by atoms with Crippen LogP contribution in [0.2, 0.25) is 0 Å². The molecule has 0 fully saturated rings. The zero-order chi connectivity index (χ0) is 18.0. The molecule has 0 aliphatic carbocycles. The average molecular weight is 324 g/mol. The van der Waals surface area contributed by atoms with Crippen LogP contribution >= 0.6 is 0 Å². The van der Waals surface area contributed by atoms with Crippen LogP contribution in [-0.2, 0) is 19.2 Å². The molecule has 0 bridgehead atoms. The molecule has 0 saturated carbocycles. The summed E-state index contributed by atoms with van der Waals surface area (Å²) in [5, 5.41) is 26.1. The second kappa shape index (κ2) is 10.1. The molecule has 7 heteroatoms. The van der Waals surface area contributed by atoms with Gasteiger partial charge in [0.15, 0.2) is 5.78 Å². The van der Waals surface area contributed by atoms with Gasteiger partial charge in [-0.2, -0.15) is 0 Å². The molecule has 23 heavy (non-hydrogen) atoms. The third-order valence-electron chi connectivity index (χ3n) is 3.04. The number of Topliss-reactive ketones (excluding diaryl/α,β-unsaturated/α-hetero) is 1. The molecule has 0 aromatic rings. The van der Waals surface area contributed by atoms with Crippen LogP contribution in [-0.4, -0.2) is 39.0 Å². The third kappa shape index (κ3) is 9.02. The van der Waals surface area contributed by atoms with Crippen molar-refractivity contribution in [3.63, 3.8) is 0 Å². The van der Waals surface area contributed by atoms with Crippen molar-refractivity contribution in [1.29, 1.82) is 0 Å². The van der Waals surface area contributed by atoms with Gasteiger partial charge < -0.3 is 15.3 Å². The minimum Gasteiger partial charge on any atom is -0.478 e. The Labute approximate surface area is 133 Å². The molecule has 0 rings (SSSR count). The highest BCUT2D eigenvalue weighted by atomic mass is 16.4. The SMILES string of the molecule is CC(=CCCC(=O)C(C)=CCC/C(=C/C(=O)O)C(=O)O)C(=O)O. The molecule has 0 aromatic carbocycles. The van der Waals surface area contributed by atoms with Gasteiger partial charge in [0.05, 0.1) is 0 Å². The highest BCUT2D eigenvalue weighted by Crippen LogP contribution is 2.10. The van der Waals surface area contributed by atoms with E-state index in [1.807, 2.05) is 0 Å². The minimum atomic E-state index is -1.33. The molecule has 0 atom stereocenters. The molecule has 3 N–H and O–H groups in total. The lowest BCUT2D eigenvalue weighted by Gasteiger charge is -2.01. The van der Waals surface area contributed by atoms with E-state index in [-0.39, 0.29) is 36.2 Å². The fraction of sp³-hybridized carbons (Fsp3) is 0.375. The Balaban J connectivity index is 4.52. The van der Waals surface area contributed by atoms with E-state index in [0.29, 0.717) is 18.1 Å². The Kier molecular flexibility index (Phi) is 8.91. The largest absolute Gasteiger partial charge is 0.478 e. The van der Waals surface area contributed by atoms with Crippen LogP contribution in [0, 0.1) is 0 Å². The lowest BCUT2D eigenvalue weighted by molar-refractivity contribution is -0.135. The van der Waals surface area contributed by atoms with E-state index in [1.165, 1.54) is 13.0 Å². The van der Waals surface area contributed by atoms with Gasteiger partial charge in [-0.15, -0.1) is 0 Å². The first-order valence-electron chi connectivity index (χ1n) is 6.92. The molecule has 0 heterocycles. The molecule has 0 aliphatic rings. The molecular formula is C16H20O7. The van der Waals surface area contributed by atoms with Gasteiger partial charge in [-0.1, -0.05) is 12.2 Å². The van der Waals surface area contributed by atoms with Crippen LogP contribution in [0.15, 0.2) is 34.9 Å². The normalized spacial score (nSPS) is 12.9. The van der Waals surface area contributed by atoms with Crippen LogP contribution in [0.5, 0.6) is 0 Å². The molecule has 0 radical (unpaired) electrons. The highest BCUT2D eigenvalue weighted by Gasteiger charge is 2.09. The van der Waals surface area contributed by atoms with Gasteiger partial charge in [-0.3, -0.25) is 4.79 Å². The number of hydrogen-bond acceptors (Lipinski definition) is 4. The molecule has 0 aliphatic heterocycles. The van der Waals surface area contributed by atoms with E-state index in [2.05, 4.69) is 0 Å². The molecule has 0 amide bonds. The Bertz CT molecular complexity index is 579. The molecule has 0 spiro atoms. The number of carboxylic acid groups (broad SMARTS) is 3. The quantitative estimate of drug-likeness (QED) is 0.525. The maximum atomic E-state index is 11.8. The predicted molar refractivity (Wildman–Crippen MR) is 82.0 cm³/mol. The maximum absolute atomic E-state index is 11.8. The van der Waals surface area contributed by atoms with E-state index >= 15 is 0 Å². The number of rotatable bonds is 10. The Morgan fingerprint density at radius 1 is 0.783 bits per heavy atom. The van der Waals surface area contributed by atoms with Gasteiger partial charge in [0.25, 0.3) is 0 Å². The van der Waals surface area contributed by atoms with Crippen LogP contribution < -0.4 is 0 Å². The monoisotopic (exact) mass is 324 g/mol. The Morgan fingerprint density at radius 3 is 1.78 bits per heavy atom. The summed E-state index contributed by atoms with van der Waals surface area (Å²) in [5.41, 5.74) is 0.366. The molecular weight excluding hydrogens is 304 g/mol. The zero-order valence-electron chi connectivity index (χ0n) is 13.0. The number of carbonyl (C=O) groups excluding carboxylic acids is 1. The minimum absolute atomic E-state index is 0.00424. The van der Waals surface area contributed by atoms with Crippen molar-refractivity contribution >= 4 is 23.7 Å². The summed E-state index contributed by atoms with van der Waals surface area (Å²) in [6, 6.07) is 0. The van der Waals surface area contributed by atoms with E-state index in [0.717, 1.165) is 0 Å². The van der Waals surface area contributed by atoms with Crippen molar-refractivity contribution in [2.45, 2.75) is 39.5 Å². The summed E-state index contributed by atoms with van der Waals surface area (Å²) in [6.45, 7) is 3.02. The summed E-state index contributed by atoms with van der Waals surface area (Å²) in [4.78, 5) is 43.7. The third-order valence-corrected chi connectivity index (χ3v) is 3.04. The van der Waals surface area contributed by atoms with Crippen molar-refractivity contribution < 1.29 is 34.5 Å². The smallest absolute Gasteiger partial charge is 0.331 e. The lowest BCUT2D eigenvalue weighted by atomic mass is 10.0. The second-order valence-electron chi connectivity index (χ2n) is 4.89. The van der Waals surface area contributed by atoms with Gasteiger partial charge in [0.2, 0.25) is 0 Å². The molecule has 0 unspecified atom stereocenters. The zero-order valence-corrected chi connectivity index (χ0v) is 13.0. The number of carboxylic acids is 3. The average Bonchev–Trinajstić information content (AvgIpc) is 2.44. The van der Waals surface area contributed by atoms with Crippen LogP contribution in [0.4, 0.5) is 0 Å². The first-order valence-corrected chi connectivity index (χ1v) is 6.92. The van der Waals surface area contributed by atoms with Gasteiger partial charge in [0, 0.05) is 23.6 Å². The first kappa shape index (κ1) is 20.3. The molecule has 126 valence electrons. The Morgan fingerprint density at radius 2 is 1.30 bits per heavy atom. The van der Waals surface area contributed by atoms with E-state index < -0.39 is 17.9 Å². The number of hydrogen-bond donors (Lipinski definition) is 3. The van der Waals surface area contributed by atoms with Gasteiger partial charge in [-0.05, 0) is 38.7 Å². The van der Waals surface area contributed by atoms with Gasteiger partial charge >= 0.3 is 17.9 Å². The van der Waals surface area contributed by atoms with Crippen LogP contribution in [0.3, 0.4) is 0 Å². The highest BCUT2D eigenvalue weighted by molar-refractivity contribution is 5.95. The molecule has 7 nitrogen and oxygen atoms in total. The summed E-state index contributed by atoms with van der Waals surface area (Å²) in [5.74, 6) is -3.84. The van der Waals surface area contributed by atoms with Gasteiger partial charge in [-0.25, -0.2) is 14.4 Å². The van der Waals surface area contributed by atoms with Crippen molar-refractivity contribution in [3.05, 3.63) is 34.9 Å². The van der Waals surface area contributed by atoms with Crippen LogP contribution in [0.25, 0.3) is 0 Å². The van der Waals surface area contributed by atoms with Gasteiger partial charge in [0.1, 0.15) is 0 Å². The summed E-state index contributed by atoms with van der Waals surface area (Å²) in [6.07, 6.45) is 4.34. The van der Waals surface area contributed by atoms with E-state index in [4.69, 9.17) is 15.3 Å². The Hall–Kier alpha value is -2.70. The van der Waals surface area contributed by atoms with E-state index in [9.17, 15) is 19.2 Å². The predicted octanol–water partition coefficient (Wildman–Crippen LogP) is 2.19. The number of allylic oxidation sites excluding steroid dienone is 3. The topological polar surface area (TPSA) is 129 Å². The van der Waals surface area contributed by atoms with Crippen molar-refractivity contribution in [3.8, 4) is 0 Å².